The summed E-state index contributed by atoms with van der Waals surface area (Å²) in [6, 6.07) is 5.53. The topological polar surface area (TPSA) is 89.9 Å². The minimum absolute atomic E-state index is 0.0174. The molecule has 37 heavy (non-hydrogen) atoms. The average molecular weight is 507 g/mol. The molecular weight excluding hydrogens is 478 g/mol. The number of rotatable bonds is 4. The van der Waals surface area contributed by atoms with Gasteiger partial charge in [-0.25, -0.2) is 23.7 Å². The Labute approximate surface area is 212 Å². The number of carbonyl (C=O) groups is 1. The molecule has 3 aromatic heterocycles. The lowest BCUT2D eigenvalue weighted by Crippen LogP contribution is -2.40. The molecule has 6 rings (SSSR count). The van der Waals surface area contributed by atoms with Crippen LogP contribution < -0.4 is 4.90 Å². The second kappa shape index (κ2) is 9.00. The van der Waals surface area contributed by atoms with Crippen molar-refractivity contribution in [2.45, 2.75) is 76.8 Å². The fourth-order valence-corrected chi connectivity index (χ4v) is 5.92. The lowest BCUT2D eigenvalue weighted by atomic mass is 9.91. The molecular formula is C27H28F2N6O2. The number of benzene rings is 1. The number of aryl methyl sites for hydroxylation is 2. The van der Waals surface area contributed by atoms with E-state index < -0.39 is 5.92 Å². The van der Waals surface area contributed by atoms with E-state index in [4.69, 9.17) is 9.51 Å². The first-order valence-corrected chi connectivity index (χ1v) is 12.7. The Morgan fingerprint density at radius 1 is 1.08 bits per heavy atom. The summed E-state index contributed by atoms with van der Waals surface area (Å²) in [7, 11) is 0. The van der Waals surface area contributed by atoms with Crippen LogP contribution in [0.4, 0.5) is 14.5 Å². The molecule has 0 spiro atoms. The van der Waals surface area contributed by atoms with E-state index >= 15 is 0 Å². The number of amides is 1. The second-order valence-electron chi connectivity index (χ2n) is 10.1. The third-order valence-electron chi connectivity index (χ3n) is 7.66. The van der Waals surface area contributed by atoms with E-state index in [0.717, 1.165) is 45.9 Å². The predicted octanol–water partition coefficient (Wildman–Crippen LogP) is 6.11. The molecule has 192 valence electrons. The molecule has 4 aromatic rings. The van der Waals surface area contributed by atoms with Crippen molar-refractivity contribution in [3.05, 3.63) is 54.2 Å². The number of nitrogens with zero attached hydrogens (tertiary/aromatic N) is 6. The minimum Gasteiger partial charge on any atom is -0.361 e. The van der Waals surface area contributed by atoms with Crippen LogP contribution >= 0.6 is 0 Å². The zero-order valence-corrected chi connectivity index (χ0v) is 20.8. The van der Waals surface area contributed by atoms with Gasteiger partial charge in [0.15, 0.2) is 0 Å². The van der Waals surface area contributed by atoms with Gasteiger partial charge in [0, 0.05) is 30.9 Å². The monoisotopic (exact) mass is 506 g/mol. The molecule has 8 nitrogen and oxygen atoms in total. The fraction of sp³-hybridized carbons (Fsp3) is 0.444. The first-order chi connectivity index (χ1) is 17.8. The quantitative estimate of drug-likeness (QED) is 0.332. The standard InChI is InChI=1S/C27H28F2N6O2/c1-16-25(17(2)37-33-16)18-6-7-22-21(12-18)32-26(35(22)19-8-10-27(28,29)11-9-19)23-4-3-5-24(36)34(23)20-13-30-15-31-14-20/h6-7,12-15,19,23H,3-5,8-11H2,1-2H3/t23-/m0/s1. The summed E-state index contributed by atoms with van der Waals surface area (Å²) < 4.78 is 35.7. The van der Waals surface area contributed by atoms with E-state index in [-0.39, 0.29) is 30.8 Å². The summed E-state index contributed by atoms with van der Waals surface area (Å²) in [5.41, 5.74) is 4.89. The normalized spacial score (nSPS) is 20.6. The second-order valence-corrected chi connectivity index (χ2v) is 10.1. The van der Waals surface area contributed by atoms with Crippen LogP contribution in [0.25, 0.3) is 22.2 Å². The summed E-state index contributed by atoms with van der Waals surface area (Å²) >= 11 is 0. The van der Waals surface area contributed by atoms with Gasteiger partial charge in [-0.2, -0.15) is 0 Å². The number of halogens is 2. The molecule has 1 aliphatic carbocycles. The van der Waals surface area contributed by atoms with Gasteiger partial charge in [0.25, 0.3) is 0 Å². The van der Waals surface area contributed by atoms with Crippen LogP contribution in [0.5, 0.6) is 0 Å². The Kier molecular flexibility index (Phi) is 5.77. The smallest absolute Gasteiger partial charge is 0.248 e. The average Bonchev–Trinajstić information content (AvgIpc) is 3.43. The maximum Gasteiger partial charge on any atom is 0.248 e. The Morgan fingerprint density at radius 2 is 1.84 bits per heavy atom. The third kappa shape index (κ3) is 4.18. The summed E-state index contributed by atoms with van der Waals surface area (Å²) in [6.45, 7) is 3.77. The van der Waals surface area contributed by atoms with Gasteiger partial charge < -0.3 is 9.09 Å². The number of anilines is 1. The van der Waals surface area contributed by atoms with Gasteiger partial charge in [-0.1, -0.05) is 11.2 Å². The lowest BCUT2D eigenvalue weighted by molar-refractivity contribution is -0.120. The number of hydrogen-bond acceptors (Lipinski definition) is 6. The summed E-state index contributed by atoms with van der Waals surface area (Å²) in [5, 5.41) is 4.08. The maximum atomic E-state index is 14.1. The number of fused-ring (bicyclic) bond motifs is 1. The van der Waals surface area contributed by atoms with Gasteiger partial charge in [0.2, 0.25) is 11.8 Å². The van der Waals surface area contributed by atoms with E-state index in [2.05, 4.69) is 19.7 Å². The molecule has 0 radical (unpaired) electrons. The third-order valence-corrected chi connectivity index (χ3v) is 7.66. The van der Waals surface area contributed by atoms with Crippen molar-refractivity contribution in [2.75, 3.05) is 4.90 Å². The van der Waals surface area contributed by atoms with Crippen LogP contribution in [-0.4, -0.2) is 36.5 Å². The Morgan fingerprint density at radius 3 is 2.54 bits per heavy atom. The highest BCUT2D eigenvalue weighted by atomic mass is 19.3. The van der Waals surface area contributed by atoms with E-state index in [9.17, 15) is 13.6 Å². The molecule has 0 unspecified atom stereocenters. The summed E-state index contributed by atoms with van der Waals surface area (Å²) in [6.07, 6.45) is 6.95. The fourth-order valence-electron chi connectivity index (χ4n) is 5.92. The molecule has 1 amide bonds. The molecule has 2 fully saturated rings. The molecule has 0 N–H and O–H groups in total. The van der Waals surface area contributed by atoms with Crippen molar-refractivity contribution < 1.29 is 18.1 Å². The Bertz CT molecular complexity index is 1440. The molecule has 1 aromatic carbocycles. The highest BCUT2D eigenvalue weighted by Crippen LogP contribution is 2.44. The SMILES string of the molecule is Cc1noc(C)c1-c1ccc2c(c1)nc([C@@H]1CCCC(=O)N1c1cncnc1)n2C1CCC(F)(F)CC1. The molecule has 0 bridgehead atoms. The van der Waals surface area contributed by atoms with Crippen LogP contribution in [0, 0.1) is 13.8 Å². The van der Waals surface area contributed by atoms with Crippen molar-refractivity contribution in [2.24, 2.45) is 0 Å². The van der Waals surface area contributed by atoms with E-state index in [1.54, 1.807) is 17.3 Å². The van der Waals surface area contributed by atoms with Crippen LogP contribution in [0.2, 0.25) is 0 Å². The molecule has 4 heterocycles. The zero-order chi connectivity index (χ0) is 25.7. The molecule has 2 aliphatic rings. The van der Waals surface area contributed by atoms with Crippen molar-refractivity contribution in [3.8, 4) is 11.1 Å². The van der Waals surface area contributed by atoms with Gasteiger partial charge >= 0.3 is 0 Å². The van der Waals surface area contributed by atoms with Crippen molar-refractivity contribution in [1.82, 2.24) is 24.7 Å². The van der Waals surface area contributed by atoms with Gasteiger partial charge in [-0.05, 0) is 57.2 Å². The number of piperidine rings is 1. The van der Waals surface area contributed by atoms with Crippen LogP contribution in [-0.2, 0) is 4.79 Å². The summed E-state index contributed by atoms with van der Waals surface area (Å²) in [5.74, 6) is -1.22. The lowest BCUT2D eigenvalue weighted by Gasteiger charge is -2.37. The van der Waals surface area contributed by atoms with Crippen molar-refractivity contribution in [3.63, 3.8) is 0 Å². The van der Waals surface area contributed by atoms with Gasteiger partial charge in [-0.15, -0.1) is 0 Å². The largest absolute Gasteiger partial charge is 0.361 e. The van der Waals surface area contributed by atoms with E-state index in [1.165, 1.54) is 6.33 Å². The molecule has 1 aliphatic heterocycles. The number of alkyl halides is 2. The molecule has 1 saturated heterocycles. The summed E-state index contributed by atoms with van der Waals surface area (Å²) in [4.78, 5) is 28.2. The minimum atomic E-state index is -2.64. The first-order valence-electron chi connectivity index (χ1n) is 12.7. The van der Waals surface area contributed by atoms with Crippen LogP contribution in [0.1, 0.15) is 74.3 Å². The number of hydrogen-bond donors (Lipinski definition) is 0. The number of carbonyl (C=O) groups excluding carboxylic acids is 1. The van der Waals surface area contributed by atoms with Crippen molar-refractivity contribution >= 4 is 22.6 Å². The van der Waals surface area contributed by atoms with E-state index in [1.807, 2.05) is 32.0 Å². The van der Waals surface area contributed by atoms with Gasteiger partial charge in [-0.3, -0.25) is 9.69 Å². The van der Waals surface area contributed by atoms with Crippen LogP contribution in [0.3, 0.4) is 0 Å². The number of imidazole rings is 1. The predicted molar refractivity (Wildman–Crippen MR) is 133 cm³/mol. The molecule has 10 heteroatoms. The first kappa shape index (κ1) is 23.7. The zero-order valence-electron chi connectivity index (χ0n) is 20.8. The molecule has 1 atom stereocenters. The molecule has 1 saturated carbocycles. The van der Waals surface area contributed by atoms with Gasteiger partial charge in [0.1, 0.15) is 17.9 Å². The maximum absolute atomic E-state index is 14.1. The highest BCUT2D eigenvalue weighted by Gasteiger charge is 2.39. The van der Waals surface area contributed by atoms with Gasteiger partial charge in [0.05, 0.1) is 40.9 Å². The Hall–Kier alpha value is -3.69. The van der Waals surface area contributed by atoms with Crippen molar-refractivity contribution in [1.29, 1.82) is 0 Å². The highest BCUT2D eigenvalue weighted by molar-refractivity contribution is 5.94. The van der Waals surface area contributed by atoms with Crippen LogP contribution in [0.15, 0.2) is 41.4 Å². The van der Waals surface area contributed by atoms with E-state index in [0.29, 0.717) is 31.4 Å². The number of aromatic nitrogens is 5. The Balaban J connectivity index is 1.51.